The molecule has 0 radical (unpaired) electrons. The molecule has 0 bridgehead atoms. The second kappa shape index (κ2) is 5.89. The quantitative estimate of drug-likeness (QED) is 0.637. The highest BCUT2D eigenvalue weighted by atomic mass is 14.2. The van der Waals surface area contributed by atoms with Crippen molar-refractivity contribution < 1.29 is 0 Å². The molecule has 0 saturated carbocycles. The molecule has 1 aliphatic carbocycles. The number of hydrogen-bond acceptors (Lipinski definition) is 0. The van der Waals surface area contributed by atoms with Gasteiger partial charge in [0, 0.05) is 0 Å². The Balaban J connectivity index is 1.87. The van der Waals surface area contributed by atoms with E-state index < -0.39 is 0 Å². The molecule has 2 rings (SSSR count). The standard InChI is InChI=1S/C16H22/c1-14-7-5-6-10-16(13-14)12-11-15-8-3-2-4-9-15/h2-4,8-9,13,16H,5-7,10-12H2,1H3/t16-/m0/s1. The predicted octanol–water partition coefficient (Wildman–Crippen LogP) is 4.76. The van der Waals surface area contributed by atoms with Crippen LogP contribution in [0.2, 0.25) is 0 Å². The Labute approximate surface area is 99.4 Å². The highest BCUT2D eigenvalue weighted by Gasteiger charge is 2.09. The van der Waals surface area contributed by atoms with Crippen LogP contribution in [0.25, 0.3) is 0 Å². The SMILES string of the molecule is CC1=C[C@H](CCc2ccccc2)CCCC1. The van der Waals surface area contributed by atoms with Crippen LogP contribution < -0.4 is 0 Å². The number of benzene rings is 1. The van der Waals surface area contributed by atoms with E-state index in [9.17, 15) is 0 Å². The number of aryl methyl sites for hydroxylation is 1. The van der Waals surface area contributed by atoms with E-state index in [0.29, 0.717) is 0 Å². The van der Waals surface area contributed by atoms with Gasteiger partial charge in [0.05, 0.1) is 0 Å². The molecule has 0 unspecified atom stereocenters. The molecule has 0 aliphatic heterocycles. The summed E-state index contributed by atoms with van der Waals surface area (Å²) >= 11 is 0. The van der Waals surface area contributed by atoms with Crippen LogP contribution >= 0.6 is 0 Å². The average Bonchev–Trinajstić information content (AvgIpc) is 2.52. The van der Waals surface area contributed by atoms with Gasteiger partial charge in [0.15, 0.2) is 0 Å². The molecular formula is C16H22. The van der Waals surface area contributed by atoms with E-state index in [0.717, 1.165) is 5.92 Å². The van der Waals surface area contributed by atoms with Gasteiger partial charge in [-0.05, 0) is 50.5 Å². The third-order valence-electron chi connectivity index (χ3n) is 3.56. The van der Waals surface area contributed by atoms with Gasteiger partial charge in [-0.1, -0.05) is 48.4 Å². The van der Waals surface area contributed by atoms with Gasteiger partial charge >= 0.3 is 0 Å². The highest BCUT2D eigenvalue weighted by Crippen LogP contribution is 2.25. The molecule has 0 amide bonds. The van der Waals surface area contributed by atoms with E-state index in [1.807, 2.05) is 0 Å². The van der Waals surface area contributed by atoms with Crippen LogP contribution in [0, 0.1) is 5.92 Å². The molecular weight excluding hydrogens is 192 g/mol. The summed E-state index contributed by atoms with van der Waals surface area (Å²) in [6.07, 6.45) is 10.6. The smallest absolute Gasteiger partial charge is 0.0228 e. The molecule has 0 saturated heterocycles. The maximum absolute atomic E-state index is 2.52. The summed E-state index contributed by atoms with van der Waals surface area (Å²) in [5.74, 6) is 0.822. The molecule has 0 heteroatoms. The summed E-state index contributed by atoms with van der Waals surface area (Å²) in [5, 5.41) is 0. The van der Waals surface area contributed by atoms with Crippen molar-refractivity contribution in [3.63, 3.8) is 0 Å². The third-order valence-corrected chi connectivity index (χ3v) is 3.56. The minimum absolute atomic E-state index is 0.822. The van der Waals surface area contributed by atoms with E-state index in [1.165, 1.54) is 44.1 Å². The fraction of sp³-hybridized carbons (Fsp3) is 0.500. The lowest BCUT2D eigenvalue weighted by molar-refractivity contribution is 0.525. The van der Waals surface area contributed by atoms with Gasteiger partial charge in [-0.15, -0.1) is 0 Å². The average molecular weight is 214 g/mol. The molecule has 86 valence electrons. The zero-order valence-electron chi connectivity index (χ0n) is 10.3. The Kier molecular flexibility index (Phi) is 4.21. The highest BCUT2D eigenvalue weighted by molar-refractivity contribution is 5.15. The molecule has 16 heavy (non-hydrogen) atoms. The fourth-order valence-electron chi connectivity index (χ4n) is 2.60. The van der Waals surface area contributed by atoms with Gasteiger partial charge < -0.3 is 0 Å². The second-order valence-corrected chi connectivity index (χ2v) is 5.04. The molecule has 0 fully saturated rings. The van der Waals surface area contributed by atoms with E-state index >= 15 is 0 Å². The lowest BCUT2D eigenvalue weighted by Crippen LogP contribution is -1.98. The van der Waals surface area contributed by atoms with Crippen molar-refractivity contribution in [1.82, 2.24) is 0 Å². The first-order chi connectivity index (χ1) is 7.84. The minimum Gasteiger partial charge on any atom is -0.0825 e. The Morgan fingerprint density at radius 1 is 1.12 bits per heavy atom. The van der Waals surface area contributed by atoms with Gasteiger partial charge in [0.1, 0.15) is 0 Å². The van der Waals surface area contributed by atoms with Gasteiger partial charge in [-0.25, -0.2) is 0 Å². The summed E-state index contributed by atoms with van der Waals surface area (Å²) < 4.78 is 0. The molecule has 0 aromatic heterocycles. The van der Waals surface area contributed by atoms with Crippen LogP contribution in [0.5, 0.6) is 0 Å². The van der Waals surface area contributed by atoms with Crippen molar-refractivity contribution in [2.45, 2.75) is 45.4 Å². The van der Waals surface area contributed by atoms with Crippen molar-refractivity contribution in [1.29, 1.82) is 0 Å². The van der Waals surface area contributed by atoms with Crippen molar-refractivity contribution in [3.8, 4) is 0 Å². The first kappa shape index (κ1) is 11.4. The molecule has 0 N–H and O–H groups in total. The van der Waals surface area contributed by atoms with Crippen molar-refractivity contribution in [3.05, 3.63) is 47.5 Å². The van der Waals surface area contributed by atoms with Gasteiger partial charge in [-0.2, -0.15) is 0 Å². The molecule has 1 aromatic carbocycles. The van der Waals surface area contributed by atoms with Crippen molar-refractivity contribution in [2.24, 2.45) is 5.92 Å². The molecule has 0 nitrogen and oxygen atoms in total. The van der Waals surface area contributed by atoms with E-state index in [1.54, 1.807) is 5.57 Å². The summed E-state index contributed by atoms with van der Waals surface area (Å²) in [6.45, 7) is 2.29. The molecule has 0 spiro atoms. The molecule has 1 aliphatic rings. The van der Waals surface area contributed by atoms with Crippen LogP contribution in [-0.4, -0.2) is 0 Å². The largest absolute Gasteiger partial charge is 0.0825 e. The summed E-state index contributed by atoms with van der Waals surface area (Å²) in [4.78, 5) is 0. The van der Waals surface area contributed by atoms with Gasteiger partial charge in [0.2, 0.25) is 0 Å². The van der Waals surface area contributed by atoms with Crippen LogP contribution in [0.4, 0.5) is 0 Å². The van der Waals surface area contributed by atoms with Crippen LogP contribution in [0.3, 0.4) is 0 Å². The van der Waals surface area contributed by atoms with Crippen molar-refractivity contribution >= 4 is 0 Å². The fourth-order valence-corrected chi connectivity index (χ4v) is 2.60. The molecule has 1 atom stereocenters. The number of hydrogen-bond donors (Lipinski definition) is 0. The second-order valence-electron chi connectivity index (χ2n) is 5.04. The van der Waals surface area contributed by atoms with Crippen LogP contribution in [0.1, 0.15) is 44.6 Å². The first-order valence-electron chi connectivity index (χ1n) is 6.56. The Morgan fingerprint density at radius 3 is 2.75 bits per heavy atom. The summed E-state index contributed by atoms with van der Waals surface area (Å²) in [5.41, 5.74) is 3.09. The minimum atomic E-state index is 0.822. The Morgan fingerprint density at radius 2 is 1.94 bits per heavy atom. The van der Waals surface area contributed by atoms with E-state index in [2.05, 4.69) is 43.3 Å². The lowest BCUT2D eigenvalue weighted by atomic mass is 9.95. The number of allylic oxidation sites excluding steroid dienone is 2. The summed E-state index contributed by atoms with van der Waals surface area (Å²) in [6, 6.07) is 10.9. The third kappa shape index (κ3) is 3.52. The first-order valence-corrected chi connectivity index (χ1v) is 6.56. The monoisotopic (exact) mass is 214 g/mol. The zero-order valence-corrected chi connectivity index (χ0v) is 10.3. The lowest BCUT2D eigenvalue weighted by Gasteiger charge is -2.11. The van der Waals surface area contributed by atoms with E-state index in [-0.39, 0.29) is 0 Å². The maximum Gasteiger partial charge on any atom is -0.0228 e. The molecule has 0 heterocycles. The van der Waals surface area contributed by atoms with Gasteiger partial charge in [0.25, 0.3) is 0 Å². The zero-order chi connectivity index (χ0) is 11.2. The maximum atomic E-state index is 2.52. The molecule has 1 aromatic rings. The summed E-state index contributed by atoms with van der Waals surface area (Å²) in [7, 11) is 0. The normalized spacial score (nSPS) is 21.3. The Hall–Kier alpha value is -1.04. The van der Waals surface area contributed by atoms with Crippen LogP contribution in [0.15, 0.2) is 42.0 Å². The number of rotatable bonds is 3. The predicted molar refractivity (Wildman–Crippen MR) is 70.5 cm³/mol. The Bertz CT molecular complexity index is 334. The van der Waals surface area contributed by atoms with E-state index in [4.69, 9.17) is 0 Å². The van der Waals surface area contributed by atoms with Gasteiger partial charge in [-0.3, -0.25) is 0 Å². The van der Waals surface area contributed by atoms with Crippen LogP contribution in [-0.2, 0) is 6.42 Å². The topological polar surface area (TPSA) is 0 Å². The van der Waals surface area contributed by atoms with Crippen molar-refractivity contribution in [2.75, 3.05) is 0 Å².